The second-order valence-corrected chi connectivity index (χ2v) is 10.8. The van der Waals surface area contributed by atoms with Crippen molar-refractivity contribution in [3.05, 3.63) is 107 Å². The smallest absolute Gasteiger partial charge is 0.226 e. The average Bonchev–Trinajstić information content (AvgIpc) is 3.41. The topological polar surface area (TPSA) is 75.1 Å². The number of aromatic nitrogens is 3. The number of nitrogens with zero attached hydrogens (tertiary/aromatic N) is 4. The monoisotopic (exact) mass is 538 g/mol. The highest BCUT2D eigenvalue weighted by Gasteiger charge is 2.42. The quantitative estimate of drug-likeness (QED) is 0.280. The van der Waals surface area contributed by atoms with Crippen molar-refractivity contribution < 1.29 is 4.79 Å². The Morgan fingerprint density at radius 1 is 1.08 bits per heavy atom. The highest BCUT2D eigenvalue weighted by atomic mass is 32.1. The molecule has 1 aromatic carbocycles. The first-order chi connectivity index (χ1) is 18.7. The minimum atomic E-state index is -0.133. The van der Waals surface area contributed by atoms with E-state index in [0.29, 0.717) is 5.11 Å². The van der Waals surface area contributed by atoms with Crippen LogP contribution in [0.3, 0.4) is 0 Å². The molecule has 4 heterocycles. The summed E-state index contributed by atoms with van der Waals surface area (Å²) in [6.45, 7) is 10.8. The summed E-state index contributed by atoms with van der Waals surface area (Å²) in [7, 11) is 0. The van der Waals surface area contributed by atoms with Crippen LogP contribution in [-0.2, 0) is 11.3 Å². The first-order valence-corrected chi connectivity index (χ1v) is 13.6. The molecule has 39 heavy (non-hydrogen) atoms. The minimum Gasteiger partial charge on any atom is -0.351 e. The number of carbonyl (C=O) groups excluding carboxylic acids is 1. The second kappa shape index (κ2) is 11.0. The molecule has 1 aliphatic heterocycles. The Balaban J connectivity index is 1.57. The Bertz CT molecular complexity index is 1500. The molecule has 0 radical (unpaired) electrons. The van der Waals surface area contributed by atoms with Crippen LogP contribution >= 0.6 is 12.2 Å². The van der Waals surface area contributed by atoms with E-state index < -0.39 is 0 Å². The van der Waals surface area contributed by atoms with Crippen LogP contribution in [0, 0.1) is 26.7 Å². The number of anilines is 2. The van der Waals surface area contributed by atoms with Gasteiger partial charge in [0.25, 0.3) is 0 Å². The van der Waals surface area contributed by atoms with Crippen molar-refractivity contribution in [3.63, 3.8) is 0 Å². The summed E-state index contributed by atoms with van der Waals surface area (Å²) >= 11 is 5.95. The van der Waals surface area contributed by atoms with Crippen molar-refractivity contribution in [1.29, 1.82) is 0 Å². The average molecular weight is 539 g/mol. The maximum atomic E-state index is 12.3. The van der Waals surface area contributed by atoms with E-state index in [1.807, 2.05) is 69.6 Å². The molecule has 1 fully saturated rings. The lowest BCUT2D eigenvalue weighted by molar-refractivity contribution is -0.118. The summed E-state index contributed by atoms with van der Waals surface area (Å²) in [5, 5.41) is 7.24. The molecule has 0 spiro atoms. The van der Waals surface area contributed by atoms with E-state index >= 15 is 0 Å². The Kier molecular flexibility index (Phi) is 7.48. The molecule has 3 aromatic heterocycles. The molecule has 0 saturated carbocycles. The van der Waals surface area contributed by atoms with E-state index in [1.165, 1.54) is 17.0 Å². The van der Waals surface area contributed by atoms with E-state index in [0.717, 1.165) is 34.7 Å². The Hall–Kier alpha value is -4.04. The number of amides is 1. The number of thiocarbonyl (C=S) groups is 1. The van der Waals surface area contributed by atoms with E-state index in [-0.39, 0.29) is 23.9 Å². The predicted molar refractivity (Wildman–Crippen MR) is 160 cm³/mol. The maximum Gasteiger partial charge on any atom is 0.226 e. The van der Waals surface area contributed by atoms with Crippen molar-refractivity contribution in [2.24, 2.45) is 5.92 Å². The van der Waals surface area contributed by atoms with Gasteiger partial charge in [-0.1, -0.05) is 26.0 Å². The zero-order valence-corrected chi connectivity index (χ0v) is 23.8. The number of pyridine rings is 2. The largest absolute Gasteiger partial charge is 0.351 e. The number of hydrogen-bond acceptors (Lipinski definition) is 4. The molecule has 0 unspecified atom stereocenters. The van der Waals surface area contributed by atoms with E-state index in [9.17, 15) is 4.79 Å². The zero-order chi connectivity index (χ0) is 27.7. The van der Waals surface area contributed by atoms with Gasteiger partial charge in [-0.2, -0.15) is 0 Å². The fourth-order valence-corrected chi connectivity index (χ4v) is 5.55. The Labute approximate surface area is 235 Å². The van der Waals surface area contributed by atoms with Crippen molar-refractivity contribution >= 4 is 34.6 Å². The van der Waals surface area contributed by atoms with E-state index in [2.05, 4.69) is 57.1 Å². The minimum absolute atomic E-state index is 0.00152. The number of benzene rings is 1. The number of rotatable bonds is 7. The van der Waals surface area contributed by atoms with Crippen molar-refractivity contribution in [3.8, 4) is 0 Å². The highest BCUT2D eigenvalue weighted by molar-refractivity contribution is 7.80. The lowest BCUT2D eigenvalue weighted by atomic mass is 9.96. The summed E-state index contributed by atoms with van der Waals surface area (Å²) in [6, 6.07) is 18.1. The van der Waals surface area contributed by atoms with Crippen LogP contribution in [0.2, 0.25) is 0 Å². The molecule has 1 aliphatic rings. The molecular weight excluding hydrogens is 504 g/mol. The van der Waals surface area contributed by atoms with Gasteiger partial charge >= 0.3 is 0 Å². The van der Waals surface area contributed by atoms with Crippen LogP contribution in [0.15, 0.2) is 73.2 Å². The van der Waals surface area contributed by atoms with Gasteiger partial charge in [0.15, 0.2) is 5.11 Å². The van der Waals surface area contributed by atoms with Gasteiger partial charge in [0.05, 0.1) is 17.8 Å². The van der Waals surface area contributed by atoms with E-state index in [1.54, 1.807) is 6.20 Å². The van der Waals surface area contributed by atoms with Gasteiger partial charge in [-0.25, -0.2) is 0 Å². The third-order valence-corrected chi connectivity index (χ3v) is 7.68. The lowest BCUT2D eigenvalue weighted by Crippen LogP contribution is -2.29. The molecule has 2 atom stereocenters. The lowest BCUT2D eigenvalue weighted by Gasteiger charge is -2.29. The van der Waals surface area contributed by atoms with Crippen LogP contribution in [-0.4, -0.2) is 25.6 Å². The number of nitrogens with one attached hydrogen (secondary N) is 2. The highest BCUT2D eigenvalue weighted by Crippen LogP contribution is 2.44. The van der Waals surface area contributed by atoms with Gasteiger partial charge in [-0.05, 0) is 92.1 Å². The van der Waals surface area contributed by atoms with Gasteiger partial charge in [0.1, 0.15) is 0 Å². The number of aryl methyl sites for hydroxylation is 2. The van der Waals surface area contributed by atoms with E-state index in [4.69, 9.17) is 17.2 Å². The first-order valence-electron chi connectivity index (χ1n) is 13.2. The SMILES string of the molecule is Cc1cc(N2C(=S)N[C@@H](c3ccccn3)[C@@H]2c2cc(C)n(Cc3cccnc3)c2C)ccc1NC(=O)C(C)C. The number of carbonyl (C=O) groups is 1. The van der Waals surface area contributed by atoms with Gasteiger partial charge in [0, 0.05) is 53.8 Å². The van der Waals surface area contributed by atoms with Crippen LogP contribution < -0.4 is 15.5 Å². The molecule has 8 heteroatoms. The Morgan fingerprint density at radius 3 is 2.56 bits per heavy atom. The molecule has 200 valence electrons. The fourth-order valence-electron chi connectivity index (χ4n) is 5.21. The van der Waals surface area contributed by atoms with Gasteiger partial charge in [-0.3, -0.25) is 14.8 Å². The molecule has 5 rings (SSSR count). The summed E-state index contributed by atoms with van der Waals surface area (Å²) in [4.78, 5) is 23.5. The number of hydrogen-bond donors (Lipinski definition) is 2. The molecule has 0 aliphatic carbocycles. The maximum absolute atomic E-state index is 12.3. The molecule has 1 saturated heterocycles. The molecule has 7 nitrogen and oxygen atoms in total. The normalized spacial score (nSPS) is 17.0. The Morgan fingerprint density at radius 2 is 1.90 bits per heavy atom. The summed E-state index contributed by atoms with van der Waals surface area (Å²) in [6.07, 6.45) is 5.53. The van der Waals surface area contributed by atoms with Gasteiger partial charge in [0.2, 0.25) is 5.91 Å². The fraction of sp³-hybridized carbons (Fsp3) is 0.290. The third kappa shape index (κ3) is 5.29. The predicted octanol–water partition coefficient (Wildman–Crippen LogP) is 6.02. The summed E-state index contributed by atoms with van der Waals surface area (Å²) < 4.78 is 2.33. The van der Waals surface area contributed by atoms with Crippen LogP contribution in [0.4, 0.5) is 11.4 Å². The van der Waals surface area contributed by atoms with Gasteiger partial charge in [-0.15, -0.1) is 0 Å². The van der Waals surface area contributed by atoms with Crippen LogP contribution in [0.5, 0.6) is 0 Å². The van der Waals surface area contributed by atoms with Crippen molar-refractivity contribution in [2.75, 3.05) is 10.2 Å². The van der Waals surface area contributed by atoms with Crippen LogP contribution in [0.1, 0.15) is 59.7 Å². The zero-order valence-electron chi connectivity index (χ0n) is 23.0. The molecule has 2 N–H and O–H groups in total. The summed E-state index contributed by atoms with van der Waals surface area (Å²) in [5.41, 5.74) is 8.38. The second-order valence-electron chi connectivity index (χ2n) is 10.4. The molecule has 1 amide bonds. The molecular formula is C31H34N6OS. The standard InChI is InChI=1S/C31H34N6OS/c1-19(2)30(38)34-26-12-11-24(15-20(26)3)37-29(28(35-31(37)39)27-10-6-7-14-33-27)25-16-21(4)36(22(25)5)18-23-9-8-13-32-17-23/h6-17,19,28-29H,18H2,1-5H3,(H,34,38)(H,35,39)/t28-,29-/m0/s1. The van der Waals surface area contributed by atoms with Crippen molar-refractivity contribution in [2.45, 2.75) is 53.2 Å². The molecule has 4 aromatic rings. The molecule has 0 bridgehead atoms. The summed E-state index contributed by atoms with van der Waals surface area (Å²) in [5.74, 6) is -0.0942. The van der Waals surface area contributed by atoms with Crippen molar-refractivity contribution in [1.82, 2.24) is 19.9 Å². The van der Waals surface area contributed by atoms with Gasteiger partial charge < -0.3 is 20.1 Å². The third-order valence-electron chi connectivity index (χ3n) is 7.36. The van der Waals surface area contributed by atoms with Crippen LogP contribution in [0.25, 0.3) is 0 Å². The first kappa shape index (κ1) is 26.6.